The van der Waals surface area contributed by atoms with Crippen LogP contribution >= 0.6 is 104 Å². The summed E-state index contributed by atoms with van der Waals surface area (Å²) in [6.07, 6.45) is 0.339. The minimum Gasteiger partial charge on any atom is -0.126 e. The first-order valence-electron chi connectivity index (χ1n) is 5.39. The van der Waals surface area contributed by atoms with Crippen LogP contribution in [-0.4, -0.2) is 30.6 Å². The topological polar surface area (TPSA) is 0 Å². The number of fused-ring (bicyclic) bond motifs is 2. The van der Waals surface area contributed by atoms with Crippen molar-refractivity contribution in [2.45, 2.75) is 31.2 Å². The summed E-state index contributed by atoms with van der Waals surface area (Å²) in [4.78, 5) is -1.89. The number of hydrogen-bond donors (Lipinski definition) is 0. The van der Waals surface area contributed by atoms with Crippen LogP contribution in [0.4, 0.5) is 0 Å². The maximum Gasteiger partial charge on any atom is 0.129 e. The fourth-order valence-corrected chi connectivity index (χ4v) is 9.10. The van der Waals surface area contributed by atoms with E-state index in [9.17, 15) is 0 Å². The zero-order valence-electron chi connectivity index (χ0n) is 9.20. The molecule has 2 rings (SSSR count). The fraction of sp³-hybridized carbons (Fsp3) is 1.00. The van der Waals surface area contributed by atoms with E-state index in [1.165, 1.54) is 0 Å². The second-order valence-corrected chi connectivity index (χ2v) is 9.92. The summed E-state index contributed by atoms with van der Waals surface area (Å²) in [5.74, 6) is -0.192. The Balaban J connectivity index is 2.74. The monoisotopic (exact) mass is 444 g/mol. The molecular formula is C10H9Cl9. The number of halogens is 9. The van der Waals surface area contributed by atoms with Gasteiger partial charge in [0.15, 0.2) is 0 Å². The molecule has 0 aromatic rings. The van der Waals surface area contributed by atoms with E-state index < -0.39 is 35.6 Å². The van der Waals surface area contributed by atoms with Crippen LogP contribution in [0.25, 0.3) is 0 Å². The van der Waals surface area contributed by atoms with Crippen LogP contribution in [0.3, 0.4) is 0 Å². The summed E-state index contributed by atoms with van der Waals surface area (Å²) < 4.78 is -1.29. The average molecular weight is 448 g/mol. The molecular weight excluding hydrogens is 439 g/mol. The first kappa shape index (κ1) is 18.0. The zero-order chi connectivity index (χ0) is 14.8. The molecule has 0 heterocycles. The smallest absolute Gasteiger partial charge is 0.126 e. The Hall–Kier alpha value is 2.61. The molecule has 0 spiro atoms. The van der Waals surface area contributed by atoms with Crippen molar-refractivity contribution in [3.05, 3.63) is 0 Å². The molecule has 0 aliphatic heterocycles. The Bertz CT molecular complexity index is 370. The zero-order valence-corrected chi connectivity index (χ0v) is 16.0. The first-order chi connectivity index (χ1) is 8.61. The van der Waals surface area contributed by atoms with Gasteiger partial charge in [-0.1, -0.05) is 0 Å². The van der Waals surface area contributed by atoms with E-state index >= 15 is 0 Å². The number of alkyl halides is 9. The maximum atomic E-state index is 6.46. The molecule has 0 aromatic carbocycles. The fourth-order valence-electron chi connectivity index (χ4n) is 3.68. The SMILES string of the molecule is ClCC1(C(Cl)Cl)[C@@H]2CC(Cl)(Cl)[C@@]1(C(Cl)Cl)[C@H](Cl)[C@H]2Cl. The average Bonchev–Trinajstić information content (AvgIpc) is 2.62. The number of hydrogen-bond acceptors (Lipinski definition) is 0. The quantitative estimate of drug-likeness (QED) is 0.450. The van der Waals surface area contributed by atoms with Crippen molar-refractivity contribution in [2.24, 2.45) is 16.7 Å². The van der Waals surface area contributed by atoms with Gasteiger partial charge in [-0.3, -0.25) is 0 Å². The standard InChI is InChI=1S/C10H9Cl9/c11-2-8(6(14)15)3-1-9(18,19)10(8,7(16)17)5(13)4(3)12/h3-7H,1-2H2/t3-,4+,5-,8?,10-/m1/s1. The van der Waals surface area contributed by atoms with Gasteiger partial charge in [-0.2, -0.15) is 0 Å². The van der Waals surface area contributed by atoms with Crippen LogP contribution in [0.1, 0.15) is 6.42 Å². The van der Waals surface area contributed by atoms with E-state index in [2.05, 4.69) is 0 Å². The summed E-state index contributed by atoms with van der Waals surface area (Å²) in [6.45, 7) is 0. The highest BCUT2D eigenvalue weighted by molar-refractivity contribution is 6.54. The van der Waals surface area contributed by atoms with Crippen molar-refractivity contribution in [3.63, 3.8) is 0 Å². The molecule has 0 amide bonds. The summed E-state index contributed by atoms with van der Waals surface area (Å²) in [5.41, 5.74) is -2.12. The van der Waals surface area contributed by atoms with Gasteiger partial charge in [-0.25, -0.2) is 0 Å². The summed E-state index contributed by atoms with van der Waals surface area (Å²) in [6, 6.07) is 0. The molecule has 2 fully saturated rings. The highest BCUT2D eigenvalue weighted by atomic mass is 35.5. The van der Waals surface area contributed by atoms with Gasteiger partial charge in [0.05, 0.1) is 16.2 Å². The van der Waals surface area contributed by atoms with Crippen LogP contribution < -0.4 is 0 Å². The van der Waals surface area contributed by atoms with Crippen LogP contribution in [0.15, 0.2) is 0 Å². The summed E-state index contributed by atoms with van der Waals surface area (Å²) in [5, 5.41) is -1.13. The lowest BCUT2D eigenvalue weighted by Crippen LogP contribution is -2.58. The molecule has 112 valence electrons. The lowest BCUT2D eigenvalue weighted by atomic mass is 9.69. The van der Waals surface area contributed by atoms with Gasteiger partial charge in [0.25, 0.3) is 0 Å². The molecule has 2 bridgehead atoms. The van der Waals surface area contributed by atoms with Gasteiger partial charge < -0.3 is 0 Å². The van der Waals surface area contributed by atoms with Crippen LogP contribution in [0, 0.1) is 16.7 Å². The van der Waals surface area contributed by atoms with Crippen molar-refractivity contribution >= 4 is 104 Å². The van der Waals surface area contributed by atoms with E-state index in [1.54, 1.807) is 0 Å². The molecule has 2 aliphatic carbocycles. The second kappa shape index (κ2) is 5.60. The molecule has 1 unspecified atom stereocenters. The Morgan fingerprint density at radius 3 is 1.84 bits per heavy atom. The maximum absolute atomic E-state index is 6.46. The molecule has 2 saturated carbocycles. The van der Waals surface area contributed by atoms with Gasteiger partial charge in [-0.05, 0) is 12.3 Å². The van der Waals surface area contributed by atoms with E-state index in [0.29, 0.717) is 6.42 Å². The lowest BCUT2D eigenvalue weighted by molar-refractivity contribution is 0.137. The molecule has 0 N–H and O–H groups in total. The normalized spacial score (nSPS) is 48.5. The predicted octanol–water partition coefficient (Wildman–Crippen LogP) is 6.23. The van der Waals surface area contributed by atoms with E-state index in [0.717, 1.165) is 0 Å². The van der Waals surface area contributed by atoms with Crippen LogP contribution in [0.5, 0.6) is 0 Å². The van der Waals surface area contributed by atoms with Crippen LogP contribution in [0.2, 0.25) is 0 Å². The van der Waals surface area contributed by atoms with Crippen LogP contribution in [-0.2, 0) is 0 Å². The predicted molar refractivity (Wildman–Crippen MR) is 88.4 cm³/mol. The largest absolute Gasteiger partial charge is 0.129 e. The van der Waals surface area contributed by atoms with Gasteiger partial charge in [0.2, 0.25) is 0 Å². The van der Waals surface area contributed by atoms with E-state index in [1.807, 2.05) is 0 Å². The second-order valence-electron chi connectivity index (χ2n) is 5.01. The van der Waals surface area contributed by atoms with Gasteiger partial charge in [0, 0.05) is 11.3 Å². The van der Waals surface area contributed by atoms with Crippen molar-refractivity contribution < 1.29 is 0 Å². The molecule has 0 nitrogen and oxygen atoms in total. The van der Waals surface area contributed by atoms with Crippen molar-refractivity contribution in [1.29, 1.82) is 0 Å². The minimum absolute atomic E-state index is 0.0684. The van der Waals surface area contributed by atoms with Gasteiger partial charge in [0.1, 0.15) is 14.0 Å². The lowest BCUT2D eigenvalue weighted by Gasteiger charge is -2.50. The molecule has 0 aromatic heterocycles. The Kier molecular flexibility index (Phi) is 5.30. The third-order valence-electron chi connectivity index (χ3n) is 4.57. The van der Waals surface area contributed by atoms with Crippen molar-refractivity contribution in [3.8, 4) is 0 Å². The minimum atomic E-state index is -1.29. The highest BCUT2D eigenvalue weighted by Gasteiger charge is 2.84. The van der Waals surface area contributed by atoms with E-state index in [4.69, 9.17) is 104 Å². The Labute approximate surface area is 157 Å². The Morgan fingerprint density at radius 1 is 1.00 bits per heavy atom. The third kappa shape index (κ3) is 1.94. The van der Waals surface area contributed by atoms with Crippen molar-refractivity contribution in [2.75, 3.05) is 5.88 Å². The van der Waals surface area contributed by atoms with Crippen molar-refractivity contribution in [1.82, 2.24) is 0 Å². The molecule has 9 heteroatoms. The van der Waals surface area contributed by atoms with Gasteiger partial charge in [-0.15, -0.1) is 104 Å². The number of rotatable bonds is 3. The molecule has 0 radical (unpaired) electrons. The van der Waals surface area contributed by atoms with E-state index in [-0.39, 0.29) is 11.8 Å². The highest BCUT2D eigenvalue weighted by Crippen LogP contribution is 2.79. The molecule has 5 atom stereocenters. The Morgan fingerprint density at radius 2 is 1.53 bits per heavy atom. The van der Waals surface area contributed by atoms with Gasteiger partial charge >= 0.3 is 0 Å². The summed E-state index contributed by atoms with van der Waals surface area (Å²) in [7, 11) is 0. The first-order valence-corrected chi connectivity index (χ1v) is 9.30. The molecule has 19 heavy (non-hydrogen) atoms. The molecule has 0 saturated heterocycles. The molecule has 2 aliphatic rings. The summed E-state index contributed by atoms with van der Waals surface area (Å²) >= 11 is 56.7. The third-order valence-corrected chi connectivity index (χ3v) is 8.71.